The van der Waals surface area contributed by atoms with Gasteiger partial charge in [-0.25, -0.2) is 0 Å². The first-order valence-corrected chi connectivity index (χ1v) is 9.82. The van der Waals surface area contributed by atoms with Gasteiger partial charge in [0.1, 0.15) is 0 Å². The Hall–Kier alpha value is -2.11. The Morgan fingerprint density at radius 2 is 1.41 bits per heavy atom. The van der Waals surface area contributed by atoms with Crippen molar-refractivity contribution in [1.29, 1.82) is 0 Å². The molecule has 2 aliphatic rings. The molecule has 0 aliphatic heterocycles. The van der Waals surface area contributed by atoms with Gasteiger partial charge in [-0.2, -0.15) is 0 Å². The molecule has 27 heavy (non-hydrogen) atoms. The zero-order valence-corrected chi connectivity index (χ0v) is 16.6. The highest BCUT2D eigenvalue weighted by atomic mass is 16.5. The van der Waals surface area contributed by atoms with Crippen molar-refractivity contribution in [2.75, 3.05) is 20.8 Å². The molecule has 0 fully saturated rings. The molecule has 0 radical (unpaired) electrons. The number of Topliss-reactive ketones (excluding diaryl/α,β-unsaturated/α-hetero) is 2. The summed E-state index contributed by atoms with van der Waals surface area (Å²) in [4.78, 5) is 36.3. The summed E-state index contributed by atoms with van der Waals surface area (Å²) in [5, 5.41) is 0. The summed E-state index contributed by atoms with van der Waals surface area (Å²) in [5.74, 6) is -0.131. The van der Waals surface area contributed by atoms with E-state index in [9.17, 15) is 14.4 Å². The summed E-state index contributed by atoms with van der Waals surface area (Å²) in [7, 11) is 2.78. The van der Waals surface area contributed by atoms with Crippen molar-refractivity contribution < 1.29 is 28.6 Å². The van der Waals surface area contributed by atoms with Crippen LogP contribution in [-0.2, 0) is 28.6 Å². The van der Waals surface area contributed by atoms with Crippen LogP contribution in [0.4, 0.5) is 0 Å². The molecule has 6 heteroatoms. The van der Waals surface area contributed by atoms with Crippen LogP contribution >= 0.6 is 0 Å². The molecule has 6 nitrogen and oxygen atoms in total. The molecule has 0 heterocycles. The van der Waals surface area contributed by atoms with E-state index in [0.29, 0.717) is 42.9 Å². The fourth-order valence-corrected chi connectivity index (χ4v) is 3.88. The van der Waals surface area contributed by atoms with Crippen LogP contribution in [0.3, 0.4) is 0 Å². The molecule has 0 bridgehead atoms. The van der Waals surface area contributed by atoms with Crippen LogP contribution in [0.5, 0.6) is 0 Å². The highest BCUT2D eigenvalue weighted by Crippen LogP contribution is 2.41. The van der Waals surface area contributed by atoms with E-state index in [-0.39, 0.29) is 29.1 Å². The van der Waals surface area contributed by atoms with E-state index in [4.69, 9.17) is 14.2 Å². The molecular weight excluding hydrogens is 348 g/mol. The lowest BCUT2D eigenvalue weighted by atomic mass is 9.94. The first-order valence-electron chi connectivity index (χ1n) is 9.82. The second kappa shape index (κ2) is 10.3. The number of ketones is 2. The van der Waals surface area contributed by atoms with Crippen LogP contribution in [0.15, 0.2) is 22.7 Å². The number of unbranched alkanes of at least 4 members (excludes halogenated alkanes) is 4. The van der Waals surface area contributed by atoms with Crippen molar-refractivity contribution in [3.8, 4) is 0 Å². The quantitative estimate of drug-likeness (QED) is 0.310. The smallest absolute Gasteiger partial charge is 0.305 e. The predicted octanol–water partition coefficient (Wildman–Crippen LogP) is 3.64. The van der Waals surface area contributed by atoms with Crippen molar-refractivity contribution >= 4 is 17.5 Å². The van der Waals surface area contributed by atoms with Gasteiger partial charge in [0.2, 0.25) is 23.1 Å². The van der Waals surface area contributed by atoms with Crippen molar-refractivity contribution in [3.05, 3.63) is 22.7 Å². The number of esters is 1. The fourth-order valence-electron chi connectivity index (χ4n) is 3.88. The average Bonchev–Trinajstić information content (AvgIpc) is 3.08. The Morgan fingerprint density at radius 1 is 0.889 bits per heavy atom. The Morgan fingerprint density at radius 3 is 1.93 bits per heavy atom. The molecule has 0 aromatic heterocycles. The highest BCUT2D eigenvalue weighted by Gasteiger charge is 2.41. The van der Waals surface area contributed by atoms with Crippen LogP contribution in [0, 0.1) is 5.92 Å². The summed E-state index contributed by atoms with van der Waals surface area (Å²) >= 11 is 0. The second-order valence-corrected chi connectivity index (χ2v) is 7.07. The third kappa shape index (κ3) is 5.21. The summed E-state index contributed by atoms with van der Waals surface area (Å²) in [6.07, 6.45) is 7.91. The van der Waals surface area contributed by atoms with Gasteiger partial charge in [0.15, 0.2) is 0 Å². The summed E-state index contributed by atoms with van der Waals surface area (Å²) in [6.45, 7) is 2.26. The summed E-state index contributed by atoms with van der Waals surface area (Å²) in [5.41, 5.74) is 1.22. The predicted molar refractivity (Wildman–Crippen MR) is 99.8 cm³/mol. The number of hydrogen-bond donors (Lipinski definition) is 0. The van der Waals surface area contributed by atoms with Crippen molar-refractivity contribution in [3.63, 3.8) is 0 Å². The van der Waals surface area contributed by atoms with Gasteiger partial charge in [0.05, 0.1) is 20.8 Å². The maximum Gasteiger partial charge on any atom is 0.305 e. The largest absolute Gasteiger partial charge is 0.489 e. The normalized spacial score (nSPS) is 17.4. The van der Waals surface area contributed by atoms with Crippen LogP contribution in [0.25, 0.3) is 0 Å². The van der Waals surface area contributed by atoms with Crippen molar-refractivity contribution in [2.45, 2.75) is 64.7 Å². The standard InChI is InChI=1S/C21H30O6/c1-4-27-17(22)11-9-7-5-6-8-10-14-12-15-16(13-14)19(24)21(26-3)20(25-2)18(15)23/h14H,4-13H2,1-3H3. The Kier molecular flexibility index (Phi) is 8.07. The molecule has 0 aromatic carbocycles. The molecule has 0 atom stereocenters. The van der Waals surface area contributed by atoms with E-state index in [1.165, 1.54) is 14.2 Å². The maximum absolute atomic E-state index is 12.5. The van der Waals surface area contributed by atoms with Crippen LogP contribution in [0.1, 0.15) is 64.7 Å². The molecular formula is C21H30O6. The van der Waals surface area contributed by atoms with Gasteiger partial charge in [-0.15, -0.1) is 0 Å². The third-order valence-electron chi connectivity index (χ3n) is 5.22. The topological polar surface area (TPSA) is 78.9 Å². The Bertz CT molecular complexity index is 605. The molecule has 0 saturated heterocycles. The molecule has 0 aromatic rings. The molecule has 0 saturated carbocycles. The first-order chi connectivity index (χ1) is 13.0. The molecule has 0 unspecified atom stereocenters. The monoisotopic (exact) mass is 378 g/mol. The van der Waals surface area contributed by atoms with Gasteiger partial charge in [-0.1, -0.05) is 25.7 Å². The zero-order chi connectivity index (χ0) is 19.8. The number of hydrogen-bond acceptors (Lipinski definition) is 6. The van der Waals surface area contributed by atoms with E-state index < -0.39 is 0 Å². The van der Waals surface area contributed by atoms with Crippen LogP contribution in [-0.4, -0.2) is 38.4 Å². The van der Waals surface area contributed by atoms with E-state index in [1.54, 1.807) is 0 Å². The second-order valence-electron chi connectivity index (χ2n) is 7.07. The van der Waals surface area contributed by atoms with Gasteiger partial charge >= 0.3 is 5.97 Å². The average molecular weight is 378 g/mol. The maximum atomic E-state index is 12.5. The minimum Gasteiger partial charge on any atom is -0.489 e. The molecule has 0 N–H and O–H groups in total. The first kappa shape index (κ1) is 21.2. The molecule has 2 aliphatic carbocycles. The lowest BCUT2D eigenvalue weighted by molar-refractivity contribution is -0.143. The van der Waals surface area contributed by atoms with Crippen molar-refractivity contribution in [1.82, 2.24) is 0 Å². The number of methoxy groups -OCH3 is 2. The van der Waals surface area contributed by atoms with E-state index in [1.807, 2.05) is 6.92 Å². The van der Waals surface area contributed by atoms with Gasteiger partial charge in [-0.3, -0.25) is 14.4 Å². The summed E-state index contributed by atoms with van der Waals surface area (Å²) < 4.78 is 15.1. The van der Waals surface area contributed by atoms with E-state index in [2.05, 4.69) is 0 Å². The van der Waals surface area contributed by atoms with Gasteiger partial charge < -0.3 is 14.2 Å². The Balaban J connectivity index is 1.70. The Labute approximate surface area is 160 Å². The van der Waals surface area contributed by atoms with Gasteiger partial charge in [0, 0.05) is 17.6 Å². The highest BCUT2D eigenvalue weighted by molar-refractivity contribution is 6.24. The van der Waals surface area contributed by atoms with Crippen molar-refractivity contribution in [2.24, 2.45) is 5.92 Å². The van der Waals surface area contributed by atoms with E-state index >= 15 is 0 Å². The number of rotatable bonds is 11. The SMILES string of the molecule is CCOC(=O)CCCCCCCC1CC2=C(C1)C(=O)C(OC)=C(OC)C2=O. The van der Waals surface area contributed by atoms with Crippen LogP contribution in [0.2, 0.25) is 0 Å². The lowest BCUT2D eigenvalue weighted by Gasteiger charge is -2.17. The third-order valence-corrected chi connectivity index (χ3v) is 5.22. The summed E-state index contributed by atoms with van der Waals surface area (Å²) in [6, 6.07) is 0. The molecule has 150 valence electrons. The van der Waals surface area contributed by atoms with Gasteiger partial charge in [-0.05, 0) is 38.5 Å². The number of ether oxygens (including phenoxy) is 3. The van der Waals surface area contributed by atoms with E-state index in [0.717, 1.165) is 38.5 Å². The zero-order valence-electron chi connectivity index (χ0n) is 16.6. The van der Waals surface area contributed by atoms with Gasteiger partial charge in [0.25, 0.3) is 0 Å². The minimum atomic E-state index is -0.203. The molecule has 0 amide bonds. The fraction of sp³-hybridized carbons (Fsp3) is 0.667. The molecule has 2 rings (SSSR count). The minimum absolute atomic E-state index is 0.0310. The lowest BCUT2D eigenvalue weighted by Crippen LogP contribution is -2.23. The molecule has 0 spiro atoms. The van der Waals surface area contributed by atoms with Crippen LogP contribution < -0.4 is 0 Å². The number of allylic oxidation sites excluding steroid dienone is 2. The number of carbonyl (C=O) groups excluding carboxylic acids is 3. The number of carbonyl (C=O) groups is 3.